The predicted molar refractivity (Wildman–Crippen MR) is 115 cm³/mol. The summed E-state index contributed by atoms with van der Waals surface area (Å²) in [5.41, 5.74) is 0.767. The topological polar surface area (TPSA) is 99.1 Å². The lowest BCUT2D eigenvalue weighted by Gasteiger charge is -2.29. The zero-order chi connectivity index (χ0) is 23.3. The Labute approximate surface area is 189 Å². The van der Waals surface area contributed by atoms with Crippen LogP contribution in [0.1, 0.15) is 43.0 Å². The van der Waals surface area contributed by atoms with Crippen LogP contribution in [0.15, 0.2) is 49.2 Å². The van der Waals surface area contributed by atoms with Gasteiger partial charge >= 0.3 is 0 Å². The summed E-state index contributed by atoms with van der Waals surface area (Å²) in [6, 6.07) is 4.63. The molecule has 1 fully saturated rings. The van der Waals surface area contributed by atoms with Crippen molar-refractivity contribution in [2.45, 2.75) is 44.6 Å². The zero-order valence-electron chi connectivity index (χ0n) is 18.0. The molecule has 1 amide bonds. The number of pyridine rings is 2. The van der Waals surface area contributed by atoms with Crippen LogP contribution in [0.4, 0.5) is 8.78 Å². The summed E-state index contributed by atoms with van der Waals surface area (Å²) in [5.74, 6) is -1.66. The lowest BCUT2D eigenvalue weighted by atomic mass is 9.92. The molecule has 3 aromatic rings. The van der Waals surface area contributed by atoms with Gasteiger partial charge in [0.1, 0.15) is 5.75 Å². The average Bonchev–Trinajstić information content (AvgIpc) is 2.80. The second-order valence-corrected chi connectivity index (χ2v) is 7.67. The molecule has 4 rings (SSSR count). The Morgan fingerprint density at radius 1 is 1.21 bits per heavy atom. The van der Waals surface area contributed by atoms with Crippen molar-refractivity contribution < 1.29 is 23.0 Å². The zero-order valence-corrected chi connectivity index (χ0v) is 18.0. The van der Waals surface area contributed by atoms with Crippen molar-refractivity contribution in [1.29, 1.82) is 0 Å². The third-order valence-corrected chi connectivity index (χ3v) is 5.11. The van der Waals surface area contributed by atoms with Gasteiger partial charge in [0.2, 0.25) is 5.92 Å². The van der Waals surface area contributed by atoms with Gasteiger partial charge in [-0.15, -0.1) is 0 Å². The number of nitrogens with one attached hydrogen (secondary N) is 1. The van der Waals surface area contributed by atoms with E-state index in [1.807, 2.05) is 6.92 Å². The van der Waals surface area contributed by atoms with E-state index in [9.17, 15) is 13.6 Å². The maximum atomic E-state index is 13.6. The molecule has 0 aromatic carbocycles. The molecule has 33 heavy (non-hydrogen) atoms. The van der Waals surface area contributed by atoms with Crippen molar-refractivity contribution in [2.75, 3.05) is 6.61 Å². The van der Waals surface area contributed by atoms with Crippen molar-refractivity contribution in [3.05, 3.63) is 54.7 Å². The van der Waals surface area contributed by atoms with E-state index >= 15 is 0 Å². The van der Waals surface area contributed by atoms with Gasteiger partial charge in [0, 0.05) is 49.2 Å². The molecule has 3 heterocycles. The van der Waals surface area contributed by atoms with Crippen LogP contribution in [-0.4, -0.2) is 44.4 Å². The fraction of sp³-hybridized carbons (Fsp3) is 0.348. The van der Waals surface area contributed by atoms with Crippen LogP contribution in [-0.2, 0) is 0 Å². The molecule has 1 aliphatic rings. The third kappa shape index (κ3) is 5.76. The van der Waals surface area contributed by atoms with E-state index in [1.165, 1.54) is 18.6 Å². The first kappa shape index (κ1) is 22.5. The molecular weight excluding hydrogens is 432 g/mol. The van der Waals surface area contributed by atoms with Crippen LogP contribution in [0.5, 0.6) is 17.4 Å². The van der Waals surface area contributed by atoms with Crippen LogP contribution in [0.25, 0.3) is 11.4 Å². The van der Waals surface area contributed by atoms with Crippen LogP contribution in [0.3, 0.4) is 0 Å². The van der Waals surface area contributed by atoms with Crippen LogP contribution in [0.2, 0.25) is 0 Å². The summed E-state index contributed by atoms with van der Waals surface area (Å²) in [5, 5.41) is 2.65. The van der Waals surface area contributed by atoms with Gasteiger partial charge in [0.25, 0.3) is 11.8 Å². The second kappa shape index (κ2) is 9.85. The van der Waals surface area contributed by atoms with E-state index < -0.39 is 17.9 Å². The van der Waals surface area contributed by atoms with Gasteiger partial charge in [-0.2, -0.15) is 0 Å². The maximum Gasteiger partial charge on any atom is 0.262 e. The van der Waals surface area contributed by atoms with Crippen LogP contribution in [0, 0.1) is 0 Å². The number of alkyl halides is 2. The highest BCUT2D eigenvalue weighted by Gasteiger charge is 2.36. The minimum atomic E-state index is -2.74. The van der Waals surface area contributed by atoms with Gasteiger partial charge in [-0.1, -0.05) is 0 Å². The smallest absolute Gasteiger partial charge is 0.262 e. The maximum absolute atomic E-state index is 13.6. The fourth-order valence-electron chi connectivity index (χ4n) is 3.58. The number of hydrogen-bond acceptors (Lipinski definition) is 7. The van der Waals surface area contributed by atoms with Crippen molar-refractivity contribution in [3.63, 3.8) is 0 Å². The second-order valence-electron chi connectivity index (χ2n) is 7.67. The number of ether oxygens (including phenoxy) is 2. The number of carbonyl (C=O) groups is 1. The van der Waals surface area contributed by atoms with Crippen LogP contribution < -0.4 is 14.8 Å². The third-order valence-electron chi connectivity index (χ3n) is 5.11. The van der Waals surface area contributed by atoms with Gasteiger partial charge < -0.3 is 14.8 Å². The quantitative estimate of drug-likeness (QED) is 0.563. The number of carbonyl (C=O) groups excluding carboxylic acids is 1. The highest BCUT2D eigenvalue weighted by atomic mass is 19.3. The SMILES string of the molecule is CCOc1cccnc1Oc1cncc(-c2ncc(C(=O)N[C@H]3CCCC(F)(F)C3)cn2)c1. The molecule has 8 nitrogen and oxygen atoms in total. The number of rotatable bonds is 7. The largest absolute Gasteiger partial charge is 0.488 e. The van der Waals surface area contributed by atoms with E-state index in [2.05, 4.69) is 25.3 Å². The molecule has 0 radical (unpaired) electrons. The van der Waals surface area contributed by atoms with E-state index in [0.29, 0.717) is 48.2 Å². The Bertz CT molecular complexity index is 1110. The molecule has 0 aliphatic heterocycles. The summed E-state index contributed by atoms with van der Waals surface area (Å²) < 4.78 is 38.5. The molecule has 1 aliphatic carbocycles. The lowest BCUT2D eigenvalue weighted by molar-refractivity contribution is -0.0429. The molecule has 172 valence electrons. The number of amides is 1. The first-order valence-corrected chi connectivity index (χ1v) is 10.7. The van der Waals surface area contributed by atoms with Gasteiger partial charge in [0.15, 0.2) is 11.6 Å². The van der Waals surface area contributed by atoms with Crippen molar-refractivity contribution >= 4 is 5.91 Å². The summed E-state index contributed by atoms with van der Waals surface area (Å²) in [6.45, 7) is 2.34. The first-order chi connectivity index (χ1) is 15.9. The molecule has 10 heteroatoms. The van der Waals surface area contributed by atoms with E-state index in [1.54, 1.807) is 30.6 Å². The lowest BCUT2D eigenvalue weighted by Crippen LogP contribution is -2.42. The molecule has 0 saturated heterocycles. The molecule has 1 N–H and O–H groups in total. The Morgan fingerprint density at radius 3 is 2.79 bits per heavy atom. The minimum Gasteiger partial charge on any atom is -0.488 e. The molecule has 0 bridgehead atoms. The first-order valence-electron chi connectivity index (χ1n) is 10.7. The summed E-state index contributed by atoms with van der Waals surface area (Å²) >= 11 is 0. The summed E-state index contributed by atoms with van der Waals surface area (Å²) in [7, 11) is 0. The molecule has 1 atom stereocenters. The standard InChI is InChI=1S/C23H23F2N5O3/c1-2-32-19-6-4-8-27-22(19)33-18-9-15(11-26-14-18)20-28-12-16(13-29-20)21(31)30-17-5-3-7-23(24,25)10-17/h4,6,8-9,11-14,17H,2-3,5,7,10H2,1H3,(H,30,31)/t17-/m0/s1. The molecular formula is C23H23F2N5O3. The highest BCUT2D eigenvalue weighted by Crippen LogP contribution is 2.33. The van der Waals surface area contributed by atoms with Crippen molar-refractivity contribution in [1.82, 2.24) is 25.3 Å². The van der Waals surface area contributed by atoms with Crippen molar-refractivity contribution in [2.24, 2.45) is 0 Å². The monoisotopic (exact) mass is 455 g/mol. The molecule has 0 spiro atoms. The molecule has 3 aromatic heterocycles. The van der Waals surface area contributed by atoms with E-state index in [4.69, 9.17) is 9.47 Å². The normalized spacial score (nSPS) is 17.2. The summed E-state index contributed by atoms with van der Waals surface area (Å²) in [4.78, 5) is 29.2. The predicted octanol–water partition coefficient (Wildman–Crippen LogP) is 4.43. The van der Waals surface area contributed by atoms with Gasteiger partial charge in [0.05, 0.1) is 18.4 Å². The van der Waals surface area contributed by atoms with E-state index in [-0.39, 0.29) is 18.4 Å². The Kier molecular flexibility index (Phi) is 6.71. The number of halogens is 2. The van der Waals surface area contributed by atoms with Crippen LogP contribution >= 0.6 is 0 Å². The fourth-order valence-corrected chi connectivity index (χ4v) is 3.58. The van der Waals surface area contributed by atoms with Gasteiger partial charge in [-0.05, 0) is 38.0 Å². The highest BCUT2D eigenvalue weighted by molar-refractivity contribution is 5.93. The van der Waals surface area contributed by atoms with Gasteiger partial charge in [-0.25, -0.2) is 23.7 Å². The summed E-state index contributed by atoms with van der Waals surface area (Å²) in [6.07, 6.45) is 7.82. The Morgan fingerprint density at radius 2 is 2.03 bits per heavy atom. The molecule has 0 unspecified atom stereocenters. The Hall–Kier alpha value is -3.69. The molecule has 1 saturated carbocycles. The number of nitrogens with zero attached hydrogens (tertiary/aromatic N) is 4. The van der Waals surface area contributed by atoms with Gasteiger partial charge in [-0.3, -0.25) is 9.78 Å². The number of hydrogen-bond donors (Lipinski definition) is 1. The Balaban J connectivity index is 1.44. The van der Waals surface area contributed by atoms with Crippen molar-refractivity contribution in [3.8, 4) is 28.8 Å². The average molecular weight is 455 g/mol. The van der Waals surface area contributed by atoms with E-state index in [0.717, 1.165) is 0 Å². The number of aromatic nitrogens is 4. The minimum absolute atomic E-state index is 0.138.